The first-order chi connectivity index (χ1) is 13.7. The van der Waals surface area contributed by atoms with Gasteiger partial charge >= 0.3 is 5.51 Å². The molecule has 1 atom stereocenters. The van der Waals surface area contributed by atoms with Gasteiger partial charge in [-0.15, -0.1) is 0 Å². The molecular formula is C20H24F3NO3S2Si. The molecule has 164 valence electrons. The molecule has 0 saturated heterocycles. The molecule has 2 aromatic carbocycles. The first kappa shape index (κ1) is 26.2. The molecule has 0 fully saturated rings. The molecule has 0 spiro atoms. The zero-order valence-corrected chi connectivity index (χ0v) is 19.6. The summed E-state index contributed by atoms with van der Waals surface area (Å²) in [7, 11) is -6.80. The third kappa shape index (κ3) is 10.3. The van der Waals surface area contributed by atoms with Crippen LogP contribution < -0.4 is 0 Å². The minimum absolute atomic E-state index is 0.374. The molecule has 0 aliphatic heterocycles. The van der Waals surface area contributed by atoms with Crippen molar-refractivity contribution in [2.45, 2.75) is 36.7 Å². The molecule has 0 aliphatic rings. The highest BCUT2D eigenvalue weighted by Crippen LogP contribution is 2.21. The summed E-state index contributed by atoms with van der Waals surface area (Å²) in [6.45, 7) is 7.37. The summed E-state index contributed by atoms with van der Waals surface area (Å²) in [5, 5.41) is 10.3. The summed E-state index contributed by atoms with van der Waals surface area (Å²) >= 11 is 0. The second-order valence-electron chi connectivity index (χ2n) is 7.80. The summed E-state index contributed by atoms with van der Waals surface area (Å²) in [6.07, 6.45) is 0. The lowest BCUT2D eigenvalue weighted by Gasteiger charge is -2.17. The van der Waals surface area contributed by atoms with Crippen LogP contribution in [0.15, 0.2) is 54.6 Å². The van der Waals surface area contributed by atoms with Gasteiger partial charge in [-0.05, 0) is 23.0 Å². The Labute approximate surface area is 179 Å². The molecule has 30 heavy (non-hydrogen) atoms. The molecule has 4 nitrogen and oxygen atoms in total. The Hall–Kier alpha value is -1.80. The van der Waals surface area contributed by atoms with Gasteiger partial charge in [0.05, 0.1) is 17.0 Å². The maximum absolute atomic E-state index is 10.7. The maximum atomic E-state index is 10.7. The fourth-order valence-electron chi connectivity index (χ4n) is 2.49. The van der Waals surface area contributed by atoms with Crippen LogP contribution in [0.25, 0.3) is 0 Å². The van der Waals surface area contributed by atoms with E-state index in [0.717, 1.165) is 11.3 Å². The van der Waals surface area contributed by atoms with Crippen molar-refractivity contribution in [3.05, 3.63) is 71.3 Å². The second kappa shape index (κ2) is 11.0. The first-order valence-electron chi connectivity index (χ1n) is 8.90. The molecule has 10 heteroatoms. The highest BCUT2D eigenvalue weighted by molar-refractivity contribution is 7.97. The van der Waals surface area contributed by atoms with Gasteiger partial charge in [0, 0.05) is 11.1 Å². The third-order valence-corrected chi connectivity index (χ3v) is 10.7. The van der Waals surface area contributed by atoms with Crippen molar-refractivity contribution in [1.29, 1.82) is 5.26 Å². The van der Waals surface area contributed by atoms with Crippen LogP contribution in [0.4, 0.5) is 13.2 Å². The van der Waals surface area contributed by atoms with Crippen LogP contribution >= 0.6 is 0 Å². The molecule has 2 aromatic rings. The number of alkyl halides is 3. The van der Waals surface area contributed by atoms with Crippen molar-refractivity contribution in [1.82, 2.24) is 0 Å². The van der Waals surface area contributed by atoms with Gasteiger partial charge in [-0.25, -0.2) is 8.42 Å². The Balaban J connectivity index is 0.000000479. The molecule has 0 aliphatic carbocycles. The van der Waals surface area contributed by atoms with Gasteiger partial charge in [-0.2, -0.15) is 18.4 Å². The van der Waals surface area contributed by atoms with Gasteiger partial charge in [-0.3, -0.25) is 0 Å². The van der Waals surface area contributed by atoms with Crippen LogP contribution in [0, 0.1) is 11.3 Å². The Morgan fingerprint density at radius 1 is 0.967 bits per heavy atom. The standard InChI is InChI=1S/C19H24NSSi.CHF3O3S/c1-22(2,3)16-21(14-18-7-5-4-6-8-18)15-19-11-9-17(13-20)10-12-19;2-1(3,4)8(5,6)7/h4-12H,14-16H2,1-3H3;(H,5,6,7)/q+1;/p-1. The molecule has 0 saturated carbocycles. The van der Waals surface area contributed by atoms with E-state index >= 15 is 0 Å². The van der Waals surface area contributed by atoms with Crippen molar-refractivity contribution in [3.8, 4) is 6.07 Å². The Morgan fingerprint density at radius 3 is 1.77 bits per heavy atom. The Kier molecular flexibility index (Phi) is 9.62. The van der Waals surface area contributed by atoms with Crippen LogP contribution in [0.1, 0.15) is 16.7 Å². The van der Waals surface area contributed by atoms with Crippen LogP contribution in [-0.2, 0) is 32.5 Å². The van der Waals surface area contributed by atoms with E-state index in [2.05, 4.69) is 68.2 Å². The number of halogens is 3. The van der Waals surface area contributed by atoms with Crippen LogP contribution in [0.2, 0.25) is 19.6 Å². The topological polar surface area (TPSA) is 81.0 Å². The number of benzene rings is 2. The van der Waals surface area contributed by atoms with Gasteiger partial charge < -0.3 is 4.55 Å². The fraction of sp³-hybridized carbons (Fsp3) is 0.350. The van der Waals surface area contributed by atoms with Crippen LogP contribution in [0.3, 0.4) is 0 Å². The van der Waals surface area contributed by atoms with Crippen molar-refractivity contribution in [2.75, 3.05) is 5.38 Å². The number of hydrogen-bond donors (Lipinski definition) is 0. The first-order valence-corrected chi connectivity index (χ1v) is 15.8. The average Bonchev–Trinajstić information content (AvgIpc) is 2.60. The normalized spacial score (nSPS) is 13.0. The smallest absolute Gasteiger partial charge is 0.485 e. The largest absolute Gasteiger partial charge is 0.741 e. The zero-order valence-electron chi connectivity index (χ0n) is 16.9. The SMILES string of the molecule is C[Si](C)(C)C[S+](Cc1ccccc1)Cc1ccc(C#N)cc1.O=S(=O)([O-])C(F)(F)F. The van der Waals surface area contributed by atoms with Gasteiger partial charge in [-0.1, -0.05) is 62.1 Å². The van der Waals surface area contributed by atoms with Crippen molar-refractivity contribution < 1.29 is 26.1 Å². The van der Waals surface area contributed by atoms with Crippen molar-refractivity contribution in [2.24, 2.45) is 0 Å². The van der Waals surface area contributed by atoms with Crippen LogP contribution in [-0.4, -0.2) is 31.9 Å². The summed E-state index contributed by atoms with van der Waals surface area (Å²) < 4.78 is 58.9. The number of rotatable bonds is 6. The third-order valence-electron chi connectivity index (χ3n) is 3.59. The molecule has 0 aromatic heterocycles. The summed E-state index contributed by atoms with van der Waals surface area (Å²) in [6, 6.07) is 21.1. The summed E-state index contributed by atoms with van der Waals surface area (Å²) in [4.78, 5) is 0. The molecule has 0 radical (unpaired) electrons. The van der Waals surface area contributed by atoms with Gasteiger partial charge in [0.15, 0.2) is 10.1 Å². The summed E-state index contributed by atoms with van der Waals surface area (Å²) in [5.41, 5.74) is -2.10. The van der Waals surface area contributed by atoms with Crippen LogP contribution in [0.5, 0.6) is 0 Å². The molecule has 0 heterocycles. The molecule has 0 N–H and O–H groups in total. The lowest BCUT2D eigenvalue weighted by molar-refractivity contribution is -0.0517. The number of hydrogen-bond acceptors (Lipinski definition) is 4. The predicted molar refractivity (Wildman–Crippen MR) is 116 cm³/mol. The number of nitrogens with zero attached hydrogens (tertiary/aromatic N) is 1. The fourth-order valence-corrected chi connectivity index (χ4v) is 9.63. The van der Waals surface area contributed by atoms with E-state index in [1.807, 2.05) is 12.1 Å². The highest BCUT2D eigenvalue weighted by atomic mass is 32.2. The van der Waals surface area contributed by atoms with E-state index in [0.29, 0.717) is 10.9 Å². The van der Waals surface area contributed by atoms with E-state index in [9.17, 15) is 13.2 Å². The van der Waals surface area contributed by atoms with E-state index in [1.54, 1.807) is 0 Å². The zero-order chi connectivity index (χ0) is 23.0. The Bertz CT molecular complexity index is 936. The van der Waals surface area contributed by atoms with E-state index in [-0.39, 0.29) is 0 Å². The summed E-state index contributed by atoms with van der Waals surface area (Å²) in [5.74, 6) is 2.30. The van der Waals surface area contributed by atoms with Gasteiger partial charge in [0.1, 0.15) is 19.6 Å². The average molecular weight is 476 g/mol. The van der Waals surface area contributed by atoms with Crippen molar-refractivity contribution in [3.63, 3.8) is 0 Å². The monoisotopic (exact) mass is 475 g/mol. The lowest BCUT2D eigenvalue weighted by Crippen LogP contribution is -2.33. The second-order valence-corrected chi connectivity index (χ2v) is 17.2. The molecule has 0 amide bonds. The molecule has 0 bridgehead atoms. The van der Waals surface area contributed by atoms with Gasteiger partial charge in [0.2, 0.25) is 0 Å². The lowest BCUT2D eigenvalue weighted by atomic mass is 10.2. The molecule has 2 rings (SSSR count). The molecule has 1 unspecified atom stereocenters. The number of nitriles is 1. The molecular weight excluding hydrogens is 451 g/mol. The minimum atomic E-state index is -6.09. The van der Waals surface area contributed by atoms with E-state index in [4.69, 9.17) is 18.2 Å². The Morgan fingerprint density at radius 2 is 1.40 bits per heavy atom. The van der Waals surface area contributed by atoms with E-state index < -0.39 is 23.7 Å². The highest BCUT2D eigenvalue weighted by Gasteiger charge is 2.37. The van der Waals surface area contributed by atoms with Gasteiger partial charge in [0.25, 0.3) is 0 Å². The quantitative estimate of drug-likeness (QED) is 0.260. The van der Waals surface area contributed by atoms with E-state index in [1.165, 1.54) is 22.3 Å². The predicted octanol–water partition coefficient (Wildman–Crippen LogP) is 4.81. The minimum Gasteiger partial charge on any atom is -0.741 e. The van der Waals surface area contributed by atoms with Crippen molar-refractivity contribution >= 4 is 29.1 Å². The maximum Gasteiger partial charge on any atom is 0.485 e.